The number of nitrogens with zero attached hydrogens (tertiary/aromatic N) is 1. The average molecular weight is 262 g/mol. The largest absolute Gasteiger partial charge is 0.326 e. The minimum Gasteiger partial charge on any atom is -0.326 e. The van der Waals surface area contributed by atoms with E-state index < -0.39 is 12.9 Å². The molecular formula is C10H13ClNO3P. The monoisotopic (exact) mass is 261 g/mol. The first kappa shape index (κ1) is 13.4. The molecule has 0 aromatic heterocycles. The van der Waals surface area contributed by atoms with Crippen molar-refractivity contribution in [3.05, 3.63) is 34.7 Å². The lowest BCUT2D eigenvalue weighted by Gasteiger charge is -2.13. The predicted molar refractivity (Wildman–Crippen MR) is 65.6 cm³/mol. The molecule has 2 unspecified atom stereocenters. The van der Waals surface area contributed by atoms with Crippen LogP contribution in [0.4, 0.5) is 0 Å². The summed E-state index contributed by atoms with van der Waals surface area (Å²) in [4.78, 5) is 10.2. The van der Waals surface area contributed by atoms with Gasteiger partial charge in [-0.1, -0.05) is 23.7 Å². The fourth-order valence-electron chi connectivity index (χ4n) is 1.29. The van der Waals surface area contributed by atoms with Gasteiger partial charge in [-0.2, -0.15) is 0 Å². The molecule has 6 heteroatoms. The highest BCUT2D eigenvalue weighted by Gasteiger charge is 2.18. The van der Waals surface area contributed by atoms with Crippen molar-refractivity contribution in [2.24, 2.45) is 5.18 Å². The van der Waals surface area contributed by atoms with Crippen molar-refractivity contribution in [1.29, 1.82) is 0 Å². The summed E-state index contributed by atoms with van der Waals surface area (Å²) >= 11 is 5.64. The third-order valence-electron chi connectivity index (χ3n) is 2.11. The van der Waals surface area contributed by atoms with E-state index in [2.05, 4.69) is 5.18 Å². The van der Waals surface area contributed by atoms with E-state index in [0.717, 1.165) is 0 Å². The molecule has 4 nitrogen and oxygen atoms in total. The van der Waals surface area contributed by atoms with Crippen molar-refractivity contribution in [2.75, 3.05) is 13.3 Å². The standard InChI is InChI=1S/C10H13ClNO3P/c1-3-15-16(2,14)9-6-4-8(5-7-9)10(11)12-13/h4-7,10H,3H2,1-2H3. The van der Waals surface area contributed by atoms with Gasteiger partial charge in [-0.05, 0) is 29.8 Å². The number of hydrogen-bond donors (Lipinski definition) is 0. The van der Waals surface area contributed by atoms with Gasteiger partial charge in [-0.3, -0.25) is 4.57 Å². The van der Waals surface area contributed by atoms with Crippen LogP contribution >= 0.6 is 19.0 Å². The molecular weight excluding hydrogens is 249 g/mol. The van der Waals surface area contributed by atoms with E-state index in [-0.39, 0.29) is 0 Å². The van der Waals surface area contributed by atoms with Gasteiger partial charge in [0.2, 0.25) is 7.37 Å². The lowest BCUT2D eigenvalue weighted by atomic mass is 10.2. The summed E-state index contributed by atoms with van der Waals surface area (Å²) in [6.07, 6.45) is 0. The Morgan fingerprint density at radius 3 is 2.44 bits per heavy atom. The molecule has 0 spiro atoms. The second-order valence-corrected chi connectivity index (χ2v) is 6.18. The molecule has 0 bridgehead atoms. The Morgan fingerprint density at radius 2 is 2.00 bits per heavy atom. The van der Waals surface area contributed by atoms with Crippen molar-refractivity contribution in [3.8, 4) is 0 Å². The molecule has 1 aromatic rings. The van der Waals surface area contributed by atoms with Crippen LogP contribution in [0, 0.1) is 4.91 Å². The van der Waals surface area contributed by atoms with E-state index in [0.29, 0.717) is 17.5 Å². The lowest BCUT2D eigenvalue weighted by Crippen LogP contribution is -2.06. The minimum atomic E-state index is -2.76. The first-order chi connectivity index (χ1) is 7.51. The van der Waals surface area contributed by atoms with Gasteiger partial charge in [-0.15, -0.1) is 4.91 Å². The summed E-state index contributed by atoms with van der Waals surface area (Å²) in [6.45, 7) is 3.74. The van der Waals surface area contributed by atoms with Crippen molar-refractivity contribution in [2.45, 2.75) is 12.4 Å². The van der Waals surface area contributed by atoms with Gasteiger partial charge in [0.05, 0.1) is 6.61 Å². The normalized spacial score (nSPS) is 16.4. The quantitative estimate of drug-likeness (QED) is 0.354. The zero-order chi connectivity index (χ0) is 12.2. The summed E-state index contributed by atoms with van der Waals surface area (Å²) in [7, 11) is -2.76. The molecule has 88 valence electrons. The smallest absolute Gasteiger partial charge is 0.229 e. The summed E-state index contributed by atoms with van der Waals surface area (Å²) in [5.74, 6) is 0. The third-order valence-corrected chi connectivity index (χ3v) is 4.42. The van der Waals surface area contributed by atoms with Crippen LogP contribution in [0.3, 0.4) is 0 Å². The van der Waals surface area contributed by atoms with Gasteiger partial charge < -0.3 is 4.52 Å². The third kappa shape index (κ3) is 3.14. The van der Waals surface area contributed by atoms with Crippen LogP contribution in [-0.2, 0) is 9.09 Å². The Bertz CT molecular complexity index is 407. The first-order valence-electron chi connectivity index (χ1n) is 4.80. The van der Waals surface area contributed by atoms with Crippen LogP contribution in [0.2, 0.25) is 0 Å². The van der Waals surface area contributed by atoms with Crippen LogP contribution in [-0.4, -0.2) is 13.3 Å². The molecule has 0 N–H and O–H groups in total. The van der Waals surface area contributed by atoms with Gasteiger partial charge in [0.25, 0.3) is 0 Å². The van der Waals surface area contributed by atoms with Gasteiger partial charge in [0.1, 0.15) is 0 Å². The average Bonchev–Trinajstić information content (AvgIpc) is 2.28. The zero-order valence-electron chi connectivity index (χ0n) is 9.09. The van der Waals surface area contributed by atoms with Gasteiger partial charge >= 0.3 is 0 Å². The Balaban J connectivity index is 2.94. The van der Waals surface area contributed by atoms with Gasteiger partial charge in [0.15, 0.2) is 5.50 Å². The highest BCUT2D eigenvalue weighted by molar-refractivity contribution is 7.66. The number of halogens is 1. The predicted octanol–water partition coefficient (Wildman–Crippen LogP) is 3.26. The highest BCUT2D eigenvalue weighted by Crippen LogP contribution is 2.41. The summed E-state index contributed by atoms with van der Waals surface area (Å²) in [5, 5.41) is 3.31. The fourth-order valence-corrected chi connectivity index (χ4v) is 2.76. The molecule has 16 heavy (non-hydrogen) atoms. The topological polar surface area (TPSA) is 55.7 Å². The summed E-state index contributed by atoms with van der Waals surface area (Å²) in [5.41, 5.74) is -0.325. The Hall–Kier alpha value is -0.700. The van der Waals surface area contributed by atoms with E-state index in [1.54, 1.807) is 37.9 Å². The molecule has 0 amide bonds. The number of alkyl halides is 1. The molecule has 0 saturated heterocycles. The Kier molecular flexibility index (Phi) is 4.66. The van der Waals surface area contributed by atoms with Crippen molar-refractivity contribution in [3.63, 3.8) is 0 Å². The van der Waals surface area contributed by atoms with E-state index in [1.807, 2.05) is 0 Å². The van der Waals surface area contributed by atoms with E-state index in [1.165, 1.54) is 0 Å². The zero-order valence-corrected chi connectivity index (χ0v) is 10.7. The SMILES string of the molecule is CCOP(C)(=O)c1ccc(C(Cl)N=O)cc1. The van der Waals surface area contributed by atoms with Crippen LogP contribution in [0.5, 0.6) is 0 Å². The molecule has 1 rings (SSSR count). The second-order valence-electron chi connectivity index (χ2n) is 3.30. The maximum absolute atomic E-state index is 12.0. The molecule has 0 fully saturated rings. The molecule has 0 aliphatic heterocycles. The number of nitroso groups, excluding NO2 is 1. The van der Waals surface area contributed by atoms with Crippen molar-refractivity contribution >= 4 is 24.3 Å². The number of benzene rings is 1. The second kappa shape index (κ2) is 5.58. The van der Waals surface area contributed by atoms with E-state index in [4.69, 9.17) is 16.1 Å². The van der Waals surface area contributed by atoms with Crippen LogP contribution < -0.4 is 5.30 Å². The Labute approximate surface area is 99.4 Å². The molecule has 0 heterocycles. The van der Waals surface area contributed by atoms with Gasteiger partial charge in [-0.25, -0.2) is 0 Å². The van der Waals surface area contributed by atoms with Crippen LogP contribution in [0.15, 0.2) is 29.4 Å². The maximum atomic E-state index is 12.0. The molecule has 0 radical (unpaired) electrons. The molecule has 0 aliphatic rings. The molecule has 1 aromatic carbocycles. The highest BCUT2D eigenvalue weighted by atomic mass is 35.5. The summed E-state index contributed by atoms with van der Waals surface area (Å²) in [6, 6.07) is 6.55. The lowest BCUT2D eigenvalue weighted by molar-refractivity contribution is 0.345. The molecule has 0 aliphatic carbocycles. The summed E-state index contributed by atoms with van der Waals surface area (Å²) < 4.78 is 17.2. The number of hydrogen-bond acceptors (Lipinski definition) is 4. The van der Waals surface area contributed by atoms with Crippen molar-refractivity contribution in [1.82, 2.24) is 0 Å². The van der Waals surface area contributed by atoms with Crippen LogP contribution in [0.25, 0.3) is 0 Å². The Morgan fingerprint density at radius 1 is 1.44 bits per heavy atom. The maximum Gasteiger partial charge on any atom is 0.229 e. The fraction of sp³-hybridized carbons (Fsp3) is 0.400. The van der Waals surface area contributed by atoms with Crippen molar-refractivity contribution < 1.29 is 9.09 Å². The van der Waals surface area contributed by atoms with Gasteiger partial charge in [0, 0.05) is 12.0 Å². The number of rotatable bonds is 5. The minimum absolute atomic E-state index is 0.392. The molecule has 2 atom stereocenters. The molecule has 0 saturated carbocycles. The van der Waals surface area contributed by atoms with E-state index in [9.17, 15) is 9.47 Å². The van der Waals surface area contributed by atoms with E-state index >= 15 is 0 Å². The first-order valence-corrected chi connectivity index (χ1v) is 7.31. The van der Waals surface area contributed by atoms with Crippen LogP contribution in [0.1, 0.15) is 18.0 Å².